The highest BCUT2D eigenvalue weighted by molar-refractivity contribution is 9.10. The summed E-state index contributed by atoms with van der Waals surface area (Å²) < 4.78 is 1.10. The molecule has 1 heterocycles. The van der Waals surface area contributed by atoms with Gasteiger partial charge in [-0.25, -0.2) is 0 Å². The molecule has 0 radical (unpaired) electrons. The lowest BCUT2D eigenvalue weighted by atomic mass is 9.85. The van der Waals surface area contributed by atoms with Crippen LogP contribution in [0.25, 0.3) is 0 Å². The molecule has 0 saturated heterocycles. The Morgan fingerprint density at radius 3 is 2.65 bits per heavy atom. The first-order valence-corrected chi connectivity index (χ1v) is 8.80. The standard InChI is InChI=1S/C17H19BrOS/c1-17(19,11-16-15(18)8-9-20-16)14-7-6-12-4-2-3-5-13(12)10-14/h6-10,19H,2-5,11H2,1H3. The van der Waals surface area contributed by atoms with E-state index in [0.717, 1.165) is 16.5 Å². The minimum atomic E-state index is -0.806. The van der Waals surface area contributed by atoms with Gasteiger partial charge in [0.15, 0.2) is 0 Å². The van der Waals surface area contributed by atoms with Crippen LogP contribution in [0, 0.1) is 0 Å². The molecule has 3 heteroatoms. The summed E-state index contributed by atoms with van der Waals surface area (Å²) in [5, 5.41) is 12.9. The lowest BCUT2D eigenvalue weighted by molar-refractivity contribution is 0.0582. The van der Waals surface area contributed by atoms with Gasteiger partial charge < -0.3 is 5.11 Å². The second kappa shape index (κ2) is 5.63. The van der Waals surface area contributed by atoms with Crippen molar-refractivity contribution in [1.82, 2.24) is 0 Å². The van der Waals surface area contributed by atoms with Gasteiger partial charge in [-0.05, 0) is 76.7 Å². The van der Waals surface area contributed by atoms with Crippen molar-refractivity contribution in [2.45, 2.75) is 44.6 Å². The van der Waals surface area contributed by atoms with Crippen LogP contribution in [-0.2, 0) is 24.9 Å². The molecule has 0 spiro atoms. The van der Waals surface area contributed by atoms with E-state index in [-0.39, 0.29) is 0 Å². The van der Waals surface area contributed by atoms with Gasteiger partial charge in [0.25, 0.3) is 0 Å². The number of benzene rings is 1. The Morgan fingerprint density at radius 2 is 1.95 bits per heavy atom. The zero-order valence-electron chi connectivity index (χ0n) is 11.7. The fourth-order valence-electron chi connectivity index (χ4n) is 2.93. The lowest BCUT2D eigenvalue weighted by Crippen LogP contribution is -2.24. The van der Waals surface area contributed by atoms with Crippen LogP contribution in [-0.4, -0.2) is 5.11 Å². The highest BCUT2D eigenvalue weighted by Gasteiger charge is 2.26. The molecule has 106 valence electrons. The Morgan fingerprint density at radius 1 is 1.20 bits per heavy atom. The summed E-state index contributed by atoms with van der Waals surface area (Å²) in [6, 6.07) is 8.58. The number of hydrogen-bond acceptors (Lipinski definition) is 2. The summed E-state index contributed by atoms with van der Waals surface area (Å²) in [5.41, 5.74) is 3.13. The van der Waals surface area contributed by atoms with Crippen LogP contribution in [0.5, 0.6) is 0 Å². The first kappa shape index (κ1) is 14.3. The second-order valence-corrected chi connectivity index (χ2v) is 7.69. The topological polar surface area (TPSA) is 20.2 Å². The van der Waals surface area contributed by atoms with Gasteiger partial charge in [0.05, 0.1) is 5.60 Å². The highest BCUT2D eigenvalue weighted by Crippen LogP contribution is 2.33. The van der Waals surface area contributed by atoms with Crippen molar-refractivity contribution in [3.63, 3.8) is 0 Å². The Balaban J connectivity index is 1.89. The highest BCUT2D eigenvalue weighted by atomic mass is 79.9. The number of fused-ring (bicyclic) bond motifs is 1. The molecule has 0 fully saturated rings. The number of halogens is 1. The summed E-state index contributed by atoms with van der Waals surface area (Å²) in [7, 11) is 0. The normalized spacial score (nSPS) is 17.6. The first-order valence-electron chi connectivity index (χ1n) is 7.13. The van der Waals surface area contributed by atoms with E-state index in [1.54, 1.807) is 11.3 Å². The summed E-state index contributed by atoms with van der Waals surface area (Å²) in [6.07, 6.45) is 5.57. The van der Waals surface area contributed by atoms with Crippen LogP contribution in [0.4, 0.5) is 0 Å². The third-order valence-electron chi connectivity index (χ3n) is 4.17. The summed E-state index contributed by atoms with van der Waals surface area (Å²) in [5.74, 6) is 0. The maximum absolute atomic E-state index is 10.9. The average Bonchev–Trinajstić information content (AvgIpc) is 2.83. The first-order chi connectivity index (χ1) is 9.56. The predicted molar refractivity (Wildman–Crippen MR) is 88.4 cm³/mol. The molecular weight excluding hydrogens is 332 g/mol. The monoisotopic (exact) mass is 350 g/mol. The third-order valence-corrected chi connectivity index (χ3v) is 6.09. The molecule has 1 aromatic heterocycles. The number of aryl methyl sites for hydroxylation is 2. The van der Waals surface area contributed by atoms with Crippen LogP contribution in [0.3, 0.4) is 0 Å². The van der Waals surface area contributed by atoms with Gasteiger partial charge in [-0.15, -0.1) is 11.3 Å². The fourth-order valence-corrected chi connectivity index (χ4v) is 4.58. The van der Waals surface area contributed by atoms with Gasteiger partial charge in [-0.1, -0.05) is 18.2 Å². The van der Waals surface area contributed by atoms with Crippen molar-refractivity contribution >= 4 is 27.3 Å². The fraction of sp³-hybridized carbons (Fsp3) is 0.412. The number of aliphatic hydroxyl groups is 1. The smallest absolute Gasteiger partial charge is 0.0917 e. The Labute approximate surface area is 132 Å². The van der Waals surface area contributed by atoms with Crippen LogP contribution in [0.15, 0.2) is 34.1 Å². The second-order valence-electron chi connectivity index (χ2n) is 5.83. The van der Waals surface area contributed by atoms with Gasteiger partial charge in [-0.3, -0.25) is 0 Å². The van der Waals surface area contributed by atoms with Gasteiger partial charge in [-0.2, -0.15) is 0 Å². The lowest BCUT2D eigenvalue weighted by Gasteiger charge is -2.26. The van der Waals surface area contributed by atoms with E-state index in [4.69, 9.17) is 0 Å². The number of thiophene rings is 1. The van der Waals surface area contributed by atoms with Crippen LogP contribution >= 0.6 is 27.3 Å². The van der Waals surface area contributed by atoms with Gasteiger partial charge >= 0.3 is 0 Å². The Hall–Kier alpha value is -0.640. The molecule has 0 amide bonds. The van der Waals surface area contributed by atoms with E-state index in [1.165, 1.54) is 35.3 Å². The maximum atomic E-state index is 10.9. The summed E-state index contributed by atoms with van der Waals surface area (Å²) in [4.78, 5) is 1.20. The molecule has 1 nitrogen and oxygen atoms in total. The van der Waals surface area contributed by atoms with Crippen molar-refractivity contribution in [2.24, 2.45) is 0 Å². The molecule has 1 aromatic carbocycles. The average molecular weight is 351 g/mol. The van der Waals surface area contributed by atoms with Crippen molar-refractivity contribution in [1.29, 1.82) is 0 Å². The largest absolute Gasteiger partial charge is 0.385 e. The van der Waals surface area contributed by atoms with E-state index in [9.17, 15) is 5.11 Å². The van der Waals surface area contributed by atoms with E-state index in [1.807, 2.05) is 13.0 Å². The van der Waals surface area contributed by atoms with Crippen LogP contribution in [0.1, 0.15) is 41.3 Å². The summed E-state index contributed by atoms with van der Waals surface area (Å²) >= 11 is 5.24. The molecule has 3 rings (SSSR count). The SMILES string of the molecule is CC(O)(Cc1sccc1Br)c1ccc2c(c1)CCCC2. The van der Waals surface area contributed by atoms with Crippen LogP contribution in [0.2, 0.25) is 0 Å². The Kier molecular flexibility index (Phi) is 4.02. The number of hydrogen-bond donors (Lipinski definition) is 1. The minimum Gasteiger partial charge on any atom is -0.385 e. The van der Waals surface area contributed by atoms with E-state index in [2.05, 4.69) is 39.5 Å². The van der Waals surface area contributed by atoms with Crippen molar-refractivity contribution in [3.8, 4) is 0 Å². The third kappa shape index (κ3) is 2.85. The zero-order chi connectivity index (χ0) is 14.2. The molecule has 2 aromatic rings. The molecule has 1 atom stereocenters. The molecule has 0 bridgehead atoms. The quantitative estimate of drug-likeness (QED) is 0.839. The maximum Gasteiger partial charge on any atom is 0.0917 e. The molecule has 1 unspecified atom stereocenters. The van der Waals surface area contributed by atoms with Gasteiger partial charge in [0.1, 0.15) is 0 Å². The summed E-state index contributed by atoms with van der Waals surface area (Å²) in [6.45, 7) is 1.92. The van der Waals surface area contributed by atoms with Crippen LogP contribution < -0.4 is 0 Å². The molecular formula is C17H19BrOS. The van der Waals surface area contributed by atoms with Gasteiger partial charge in [0.2, 0.25) is 0 Å². The molecule has 1 N–H and O–H groups in total. The molecule has 20 heavy (non-hydrogen) atoms. The van der Waals surface area contributed by atoms with Crippen molar-refractivity contribution in [2.75, 3.05) is 0 Å². The molecule has 1 aliphatic carbocycles. The van der Waals surface area contributed by atoms with E-state index in [0.29, 0.717) is 6.42 Å². The van der Waals surface area contributed by atoms with Gasteiger partial charge in [0, 0.05) is 15.8 Å². The number of rotatable bonds is 3. The molecule has 0 saturated carbocycles. The van der Waals surface area contributed by atoms with E-state index >= 15 is 0 Å². The Bertz CT molecular complexity index is 615. The molecule has 1 aliphatic rings. The van der Waals surface area contributed by atoms with E-state index < -0.39 is 5.60 Å². The van der Waals surface area contributed by atoms with Crippen molar-refractivity contribution in [3.05, 3.63) is 55.7 Å². The predicted octanol–water partition coefficient (Wildman–Crippen LogP) is 4.84. The molecule has 0 aliphatic heterocycles. The zero-order valence-corrected chi connectivity index (χ0v) is 14.1. The minimum absolute atomic E-state index is 0.657. The van der Waals surface area contributed by atoms with Crippen molar-refractivity contribution < 1.29 is 5.11 Å².